The van der Waals surface area contributed by atoms with E-state index in [-0.39, 0.29) is 11.8 Å². The largest absolute Gasteiger partial charge is 0.347 e. The zero-order valence-corrected chi connectivity index (χ0v) is 5.91. The summed E-state index contributed by atoms with van der Waals surface area (Å²) >= 11 is 0. The van der Waals surface area contributed by atoms with E-state index in [1.165, 1.54) is 6.21 Å². The van der Waals surface area contributed by atoms with Gasteiger partial charge in [0, 0.05) is 6.21 Å². The number of aliphatic imine (C=N–C) groups is 1. The summed E-state index contributed by atoms with van der Waals surface area (Å²) in [5.74, 6) is -0.645. The topological polar surface area (TPSA) is 84.5 Å². The molecular formula is C6H9N3O2. The van der Waals surface area contributed by atoms with Gasteiger partial charge in [-0.3, -0.25) is 10.1 Å². The average molecular weight is 155 g/mol. The molecule has 3 amide bonds. The lowest BCUT2D eigenvalue weighted by Crippen LogP contribution is -2.39. The van der Waals surface area contributed by atoms with E-state index in [1.54, 1.807) is 0 Å². The number of nitrogens with zero attached hydrogens (tertiary/aromatic N) is 1. The molecule has 1 unspecified atom stereocenters. The summed E-state index contributed by atoms with van der Waals surface area (Å²) in [6.07, 6.45) is 1.87. The Morgan fingerprint density at radius 2 is 2.36 bits per heavy atom. The Morgan fingerprint density at radius 1 is 1.64 bits per heavy atom. The Bertz CT molecular complexity index is 212. The van der Waals surface area contributed by atoms with E-state index in [1.807, 2.05) is 0 Å². The van der Waals surface area contributed by atoms with Gasteiger partial charge in [-0.05, 0) is 13.0 Å². The number of imide groups is 1. The SMILES string of the molecule is NCCC1C=NC(=O)NC1=O. The second-order valence-corrected chi connectivity index (χ2v) is 2.26. The maximum absolute atomic E-state index is 10.9. The molecule has 11 heavy (non-hydrogen) atoms. The van der Waals surface area contributed by atoms with E-state index in [2.05, 4.69) is 10.3 Å². The second kappa shape index (κ2) is 3.25. The summed E-state index contributed by atoms with van der Waals surface area (Å²) in [4.78, 5) is 24.8. The van der Waals surface area contributed by atoms with Crippen LogP contribution in [0.4, 0.5) is 4.79 Å². The van der Waals surface area contributed by atoms with E-state index < -0.39 is 6.03 Å². The van der Waals surface area contributed by atoms with Crippen molar-refractivity contribution >= 4 is 18.2 Å². The molecular weight excluding hydrogens is 146 g/mol. The van der Waals surface area contributed by atoms with Gasteiger partial charge in [0.2, 0.25) is 5.91 Å². The molecule has 0 aromatic rings. The van der Waals surface area contributed by atoms with Crippen molar-refractivity contribution in [1.29, 1.82) is 0 Å². The standard InChI is InChI=1S/C6H9N3O2/c7-2-1-4-3-8-6(11)9-5(4)10/h3-4H,1-2,7H2,(H,9,10,11). The van der Waals surface area contributed by atoms with Crippen LogP contribution >= 0.6 is 0 Å². The Balaban J connectivity index is 2.61. The van der Waals surface area contributed by atoms with Crippen LogP contribution in [-0.4, -0.2) is 24.7 Å². The maximum atomic E-state index is 10.9. The third-order valence-electron chi connectivity index (χ3n) is 1.42. The molecule has 1 rings (SSSR count). The monoisotopic (exact) mass is 155 g/mol. The van der Waals surface area contributed by atoms with E-state index in [0.717, 1.165) is 0 Å². The quantitative estimate of drug-likeness (QED) is 0.551. The molecule has 0 bridgehead atoms. The molecule has 5 heteroatoms. The number of carbonyl (C=O) groups excluding carboxylic acids is 2. The zero-order valence-electron chi connectivity index (χ0n) is 5.91. The fraction of sp³-hybridized carbons (Fsp3) is 0.500. The van der Waals surface area contributed by atoms with Gasteiger partial charge in [-0.2, -0.15) is 0 Å². The van der Waals surface area contributed by atoms with Crippen LogP contribution in [0.3, 0.4) is 0 Å². The lowest BCUT2D eigenvalue weighted by Gasteiger charge is -2.12. The minimum Gasteiger partial charge on any atom is -0.330 e. The molecule has 0 fully saturated rings. The van der Waals surface area contributed by atoms with E-state index >= 15 is 0 Å². The highest BCUT2D eigenvalue weighted by Crippen LogP contribution is 2.02. The normalized spacial score (nSPS) is 23.5. The highest BCUT2D eigenvalue weighted by Gasteiger charge is 2.21. The van der Waals surface area contributed by atoms with Gasteiger partial charge < -0.3 is 5.73 Å². The average Bonchev–Trinajstić information content (AvgIpc) is 1.95. The summed E-state index contributed by atoms with van der Waals surface area (Å²) in [7, 11) is 0. The number of hydrogen-bond donors (Lipinski definition) is 2. The van der Waals surface area contributed by atoms with Crippen molar-refractivity contribution in [3.63, 3.8) is 0 Å². The predicted molar refractivity (Wildman–Crippen MR) is 39.2 cm³/mol. The van der Waals surface area contributed by atoms with Crippen molar-refractivity contribution in [2.75, 3.05) is 6.54 Å². The van der Waals surface area contributed by atoms with Crippen LogP contribution in [0.25, 0.3) is 0 Å². The summed E-state index contributed by atoms with van der Waals surface area (Å²) in [6.45, 7) is 0.415. The minimum atomic E-state index is -0.594. The van der Waals surface area contributed by atoms with Crippen molar-refractivity contribution in [2.24, 2.45) is 16.6 Å². The first-order valence-electron chi connectivity index (χ1n) is 3.33. The molecule has 5 nitrogen and oxygen atoms in total. The number of nitrogens with one attached hydrogen (secondary N) is 1. The van der Waals surface area contributed by atoms with Crippen molar-refractivity contribution in [2.45, 2.75) is 6.42 Å². The van der Waals surface area contributed by atoms with Crippen LogP contribution in [0.2, 0.25) is 0 Å². The Hall–Kier alpha value is -1.23. The Morgan fingerprint density at radius 3 is 2.91 bits per heavy atom. The van der Waals surface area contributed by atoms with Crippen molar-refractivity contribution < 1.29 is 9.59 Å². The molecule has 3 N–H and O–H groups in total. The summed E-state index contributed by atoms with van der Waals surface area (Å²) in [5.41, 5.74) is 5.23. The molecule has 1 atom stereocenters. The van der Waals surface area contributed by atoms with Crippen LogP contribution in [0.15, 0.2) is 4.99 Å². The van der Waals surface area contributed by atoms with Gasteiger partial charge in [-0.1, -0.05) is 0 Å². The maximum Gasteiger partial charge on any atom is 0.347 e. The first-order chi connectivity index (χ1) is 5.24. The number of nitrogens with two attached hydrogens (primary N) is 1. The molecule has 1 aliphatic rings. The van der Waals surface area contributed by atoms with Gasteiger partial charge in [-0.25, -0.2) is 9.79 Å². The van der Waals surface area contributed by atoms with Crippen molar-refractivity contribution in [1.82, 2.24) is 5.32 Å². The second-order valence-electron chi connectivity index (χ2n) is 2.26. The molecule has 0 aromatic carbocycles. The first-order valence-corrected chi connectivity index (χ1v) is 3.33. The van der Waals surface area contributed by atoms with Crippen LogP contribution < -0.4 is 11.1 Å². The Labute approximate surface area is 63.7 Å². The highest BCUT2D eigenvalue weighted by molar-refractivity contribution is 6.09. The highest BCUT2D eigenvalue weighted by atomic mass is 16.2. The lowest BCUT2D eigenvalue weighted by atomic mass is 10.1. The molecule has 0 saturated carbocycles. The summed E-state index contributed by atoms with van der Waals surface area (Å²) in [6, 6.07) is -0.594. The van der Waals surface area contributed by atoms with Gasteiger partial charge in [0.15, 0.2) is 0 Å². The molecule has 0 radical (unpaired) electrons. The van der Waals surface area contributed by atoms with Crippen LogP contribution in [0.5, 0.6) is 0 Å². The Kier molecular flexibility index (Phi) is 2.32. The third-order valence-corrected chi connectivity index (χ3v) is 1.42. The summed E-state index contributed by atoms with van der Waals surface area (Å²) in [5, 5.41) is 2.08. The van der Waals surface area contributed by atoms with Crippen LogP contribution in [-0.2, 0) is 4.79 Å². The smallest absolute Gasteiger partial charge is 0.330 e. The third kappa shape index (κ3) is 1.84. The van der Waals surface area contributed by atoms with Gasteiger partial charge in [-0.15, -0.1) is 0 Å². The van der Waals surface area contributed by atoms with Gasteiger partial charge in [0.1, 0.15) is 0 Å². The molecule has 1 heterocycles. The van der Waals surface area contributed by atoms with E-state index in [9.17, 15) is 9.59 Å². The van der Waals surface area contributed by atoms with Crippen LogP contribution in [0, 0.1) is 5.92 Å². The van der Waals surface area contributed by atoms with Crippen molar-refractivity contribution in [3.05, 3.63) is 0 Å². The molecule has 0 spiro atoms. The van der Waals surface area contributed by atoms with Gasteiger partial charge >= 0.3 is 6.03 Å². The fourth-order valence-electron chi connectivity index (χ4n) is 0.841. The number of rotatable bonds is 2. The van der Waals surface area contributed by atoms with Gasteiger partial charge in [0.25, 0.3) is 0 Å². The first kappa shape index (κ1) is 7.87. The van der Waals surface area contributed by atoms with Crippen LogP contribution in [0.1, 0.15) is 6.42 Å². The number of amides is 3. The molecule has 0 saturated heterocycles. The molecule has 60 valence electrons. The van der Waals surface area contributed by atoms with E-state index in [4.69, 9.17) is 5.73 Å². The molecule has 0 aliphatic carbocycles. The minimum absolute atomic E-state index is 0.310. The fourth-order valence-corrected chi connectivity index (χ4v) is 0.841. The molecule has 0 aromatic heterocycles. The zero-order chi connectivity index (χ0) is 8.27. The van der Waals surface area contributed by atoms with Gasteiger partial charge in [0.05, 0.1) is 5.92 Å². The number of carbonyl (C=O) groups is 2. The van der Waals surface area contributed by atoms with Crippen molar-refractivity contribution in [3.8, 4) is 0 Å². The lowest BCUT2D eigenvalue weighted by molar-refractivity contribution is -0.122. The predicted octanol–water partition coefficient (Wildman–Crippen LogP) is -0.728. The number of hydrogen-bond acceptors (Lipinski definition) is 3. The summed E-state index contributed by atoms with van der Waals surface area (Å²) < 4.78 is 0. The number of urea groups is 1. The van der Waals surface area contributed by atoms with E-state index in [0.29, 0.717) is 13.0 Å². The molecule has 1 aliphatic heterocycles.